The van der Waals surface area contributed by atoms with Crippen LogP contribution in [0.1, 0.15) is 33.1 Å². The van der Waals surface area contributed by atoms with Crippen LogP contribution in [0, 0.1) is 16.7 Å². The largest absolute Gasteiger partial charge is 0.368 e. The Bertz CT molecular complexity index is 720. The zero-order valence-corrected chi connectivity index (χ0v) is 16.0. The van der Waals surface area contributed by atoms with Crippen LogP contribution in [-0.2, 0) is 4.79 Å². The van der Waals surface area contributed by atoms with E-state index in [9.17, 15) is 4.79 Å². The predicted molar refractivity (Wildman–Crippen MR) is 103 cm³/mol. The number of carbonyl (C=O) groups is 1. The molecule has 2 bridgehead atoms. The van der Waals surface area contributed by atoms with Gasteiger partial charge in [-0.25, -0.2) is 0 Å². The van der Waals surface area contributed by atoms with Gasteiger partial charge in [-0.05, 0) is 48.8 Å². The van der Waals surface area contributed by atoms with E-state index in [2.05, 4.69) is 36.3 Å². The van der Waals surface area contributed by atoms with E-state index in [4.69, 9.17) is 11.6 Å². The summed E-state index contributed by atoms with van der Waals surface area (Å²) in [5, 5.41) is 0.761. The summed E-state index contributed by atoms with van der Waals surface area (Å²) >= 11 is 6.11. The summed E-state index contributed by atoms with van der Waals surface area (Å²) < 4.78 is 0. The van der Waals surface area contributed by atoms with Crippen LogP contribution in [0.4, 0.5) is 5.69 Å². The number of hydrogen-bond acceptors (Lipinski definition) is 2. The van der Waals surface area contributed by atoms with Crippen LogP contribution >= 0.6 is 11.6 Å². The molecule has 2 atom stereocenters. The van der Waals surface area contributed by atoms with E-state index in [1.165, 1.54) is 12.0 Å². The lowest BCUT2D eigenvalue weighted by Gasteiger charge is -2.42. The normalized spacial score (nSPS) is 30.8. The van der Waals surface area contributed by atoms with Crippen molar-refractivity contribution in [1.29, 1.82) is 0 Å². The second kappa shape index (κ2) is 5.77. The fraction of sp³-hybridized carbons (Fsp3) is 0.571. The number of fused-ring (bicyclic) bond motifs is 2. The zero-order valence-electron chi connectivity index (χ0n) is 15.2. The van der Waals surface area contributed by atoms with Gasteiger partial charge in [0.25, 0.3) is 0 Å². The van der Waals surface area contributed by atoms with Gasteiger partial charge in [-0.1, -0.05) is 43.7 Å². The van der Waals surface area contributed by atoms with Crippen molar-refractivity contribution >= 4 is 23.2 Å². The average molecular weight is 359 g/mol. The number of nitrogens with zero attached hydrogens (tertiary/aromatic N) is 2. The van der Waals surface area contributed by atoms with E-state index in [0.717, 1.165) is 49.7 Å². The minimum atomic E-state index is -0.285. The first-order valence-electron chi connectivity index (χ1n) is 9.34. The van der Waals surface area contributed by atoms with E-state index in [1.54, 1.807) is 0 Å². The minimum Gasteiger partial charge on any atom is -0.368 e. The first-order chi connectivity index (χ1) is 11.8. The molecule has 1 saturated heterocycles. The molecule has 1 aliphatic heterocycles. The van der Waals surface area contributed by atoms with Crippen LogP contribution in [0.3, 0.4) is 0 Å². The van der Waals surface area contributed by atoms with Gasteiger partial charge in [0.15, 0.2) is 0 Å². The molecule has 2 saturated carbocycles. The first-order valence-corrected chi connectivity index (χ1v) is 9.72. The number of halogens is 1. The first kappa shape index (κ1) is 17.0. The quantitative estimate of drug-likeness (QED) is 0.733. The number of benzene rings is 1. The molecule has 4 rings (SSSR count). The lowest BCUT2D eigenvalue weighted by molar-refractivity contribution is -0.140. The van der Waals surface area contributed by atoms with Crippen molar-refractivity contribution in [3.63, 3.8) is 0 Å². The highest BCUT2D eigenvalue weighted by Gasteiger charge is 2.61. The molecule has 3 fully saturated rings. The number of carbonyl (C=O) groups excluding carboxylic acids is 1. The molecular formula is C21H27ClN2O. The summed E-state index contributed by atoms with van der Waals surface area (Å²) in [7, 11) is 0. The molecule has 1 amide bonds. The Hall–Kier alpha value is -1.48. The van der Waals surface area contributed by atoms with E-state index in [1.807, 2.05) is 18.2 Å². The molecule has 0 radical (unpaired) electrons. The van der Waals surface area contributed by atoms with Gasteiger partial charge >= 0.3 is 0 Å². The topological polar surface area (TPSA) is 23.6 Å². The van der Waals surface area contributed by atoms with Gasteiger partial charge in [0.2, 0.25) is 5.91 Å². The summed E-state index contributed by atoms with van der Waals surface area (Å²) in [5.41, 5.74) is 2.15. The highest BCUT2D eigenvalue weighted by Crippen LogP contribution is 2.65. The smallest absolute Gasteiger partial charge is 0.233 e. The molecule has 4 heteroatoms. The van der Waals surface area contributed by atoms with Crippen LogP contribution in [-0.4, -0.2) is 37.0 Å². The molecule has 0 aromatic heterocycles. The van der Waals surface area contributed by atoms with Gasteiger partial charge in [0.05, 0.1) is 5.41 Å². The van der Waals surface area contributed by atoms with Gasteiger partial charge < -0.3 is 9.80 Å². The fourth-order valence-electron chi connectivity index (χ4n) is 5.27. The molecule has 1 heterocycles. The third-order valence-corrected chi connectivity index (χ3v) is 7.28. The molecule has 2 aliphatic carbocycles. The Morgan fingerprint density at radius 1 is 1.24 bits per heavy atom. The molecule has 3 nitrogen and oxygen atoms in total. The number of rotatable bonds is 2. The van der Waals surface area contributed by atoms with E-state index in [0.29, 0.717) is 11.8 Å². The fourth-order valence-corrected chi connectivity index (χ4v) is 5.45. The molecule has 0 spiro atoms. The molecule has 0 N–H and O–H groups in total. The average Bonchev–Trinajstić information content (AvgIpc) is 3.14. The van der Waals surface area contributed by atoms with E-state index < -0.39 is 0 Å². The van der Waals surface area contributed by atoms with Crippen molar-refractivity contribution in [1.82, 2.24) is 4.90 Å². The van der Waals surface area contributed by atoms with Gasteiger partial charge in [-0.15, -0.1) is 0 Å². The number of piperazine rings is 1. The lowest BCUT2D eigenvalue weighted by atomic mass is 9.68. The van der Waals surface area contributed by atoms with Crippen LogP contribution < -0.4 is 4.90 Å². The van der Waals surface area contributed by atoms with Gasteiger partial charge in [-0.2, -0.15) is 0 Å². The summed E-state index contributed by atoms with van der Waals surface area (Å²) in [6.07, 6.45) is 3.17. The number of hydrogen-bond donors (Lipinski definition) is 0. The zero-order chi connectivity index (χ0) is 17.8. The minimum absolute atomic E-state index is 0.108. The standard InChI is InChI=1S/C21H27ClN2O/c1-15-20(2,3)16-7-8-21(15,14-16)19(25)24-11-9-23(10-12-24)18-6-4-5-17(22)13-18/h4-6,13,16H,1,7-12,14H2,2-3H3/t16-,21-/m1/s1. The van der Waals surface area contributed by atoms with Crippen molar-refractivity contribution in [3.05, 3.63) is 41.4 Å². The highest BCUT2D eigenvalue weighted by atomic mass is 35.5. The van der Waals surface area contributed by atoms with Crippen LogP contribution in [0.5, 0.6) is 0 Å². The maximum absolute atomic E-state index is 13.4. The highest BCUT2D eigenvalue weighted by molar-refractivity contribution is 6.30. The Morgan fingerprint density at radius 2 is 1.96 bits per heavy atom. The van der Waals surface area contributed by atoms with Crippen molar-refractivity contribution in [2.45, 2.75) is 33.1 Å². The van der Waals surface area contributed by atoms with Crippen molar-refractivity contribution in [3.8, 4) is 0 Å². The van der Waals surface area contributed by atoms with Crippen LogP contribution in [0.2, 0.25) is 5.02 Å². The van der Waals surface area contributed by atoms with Gasteiger partial charge in [-0.3, -0.25) is 4.79 Å². The summed E-state index contributed by atoms with van der Waals surface area (Å²) in [5.74, 6) is 0.952. The van der Waals surface area contributed by atoms with Gasteiger partial charge in [0.1, 0.15) is 0 Å². The second-order valence-electron chi connectivity index (χ2n) is 8.48. The van der Waals surface area contributed by atoms with Crippen molar-refractivity contribution < 1.29 is 4.79 Å². The second-order valence-corrected chi connectivity index (χ2v) is 8.92. The van der Waals surface area contributed by atoms with Gasteiger partial charge in [0, 0.05) is 36.9 Å². The lowest BCUT2D eigenvalue weighted by Crippen LogP contribution is -2.53. The summed E-state index contributed by atoms with van der Waals surface area (Å²) in [4.78, 5) is 17.8. The Balaban J connectivity index is 1.46. The Morgan fingerprint density at radius 3 is 2.56 bits per heavy atom. The molecule has 134 valence electrons. The van der Waals surface area contributed by atoms with Crippen LogP contribution in [0.15, 0.2) is 36.4 Å². The maximum atomic E-state index is 13.4. The predicted octanol–water partition coefficient (Wildman–Crippen LogP) is 4.37. The third kappa shape index (κ3) is 2.51. The summed E-state index contributed by atoms with van der Waals surface area (Å²) in [6, 6.07) is 7.97. The molecule has 0 unspecified atom stereocenters. The number of anilines is 1. The summed E-state index contributed by atoms with van der Waals surface area (Å²) in [6.45, 7) is 12.2. The molecule has 3 aliphatic rings. The van der Waals surface area contributed by atoms with E-state index >= 15 is 0 Å². The van der Waals surface area contributed by atoms with Crippen molar-refractivity contribution in [2.24, 2.45) is 16.7 Å². The molecular weight excluding hydrogens is 332 g/mol. The van der Waals surface area contributed by atoms with E-state index in [-0.39, 0.29) is 10.8 Å². The maximum Gasteiger partial charge on any atom is 0.233 e. The van der Waals surface area contributed by atoms with Crippen molar-refractivity contribution in [2.75, 3.05) is 31.1 Å². The number of amides is 1. The Kier molecular flexibility index (Phi) is 3.91. The SMILES string of the molecule is C=C1C(C)(C)[C@@H]2CC[C@@]1(C(=O)N1CCN(c3cccc(Cl)c3)CC1)C2. The van der Waals surface area contributed by atoms with Crippen LogP contribution in [0.25, 0.3) is 0 Å². The third-order valence-electron chi connectivity index (χ3n) is 7.04. The molecule has 1 aromatic carbocycles. The monoisotopic (exact) mass is 358 g/mol. The molecule has 1 aromatic rings. The Labute approximate surface area is 155 Å². The molecule has 25 heavy (non-hydrogen) atoms.